The number of hydrogen-bond acceptors (Lipinski definition) is 7. The number of β-lactam (4-membered cyclic amide) rings is 1. The summed E-state index contributed by atoms with van der Waals surface area (Å²) in [4.78, 5) is 46.6. The Bertz CT molecular complexity index is 532. The first kappa shape index (κ1) is 15.4. The van der Waals surface area contributed by atoms with Gasteiger partial charge in [0.25, 0.3) is 5.91 Å². The van der Waals surface area contributed by atoms with Crippen LogP contribution < -0.4 is 5.32 Å². The minimum Gasteiger partial charge on any atom is -0.464 e. The van der Waals surface area contributed by atoms with Gasteiger partial charge in [0.1, 0.15) is 23.7 Å². The third-order valence-corrected chi connectivity index (χ3v) is 4.46. The number of nitrogens with one attached hydrogen (secondary N) is 1. The SMILES string of the molecule is COC(=O)C1=C(COC(C)=O)CSC2C(NC=O)C(=O)N12. The van der Waals surface area contributed by atoms with Crippen molar-refractivity contribution in [3.8, 4) is 0 Å². The summed E-state index contributed by atoms with van der Waals surface area (Å²) in [6.45, 7) is 1.19. The molecule has 9 heteroatoms. The number of rotatable bonds is 5. The maximum atomic E-state index is 12.0. The third-order valence-electron chi connectivity index (χ3n) is 3.12. The van der Waals surface area contributed by atoms with Crippen molar-refractivity contribution < 1.29 is 28.7 Å². The molecule has 1 saturated heterocycles. The van der Waals surface area contributed by atoms with Crippen LogP contribution in [-0.2, 0) is 28.7 Å². The summed E-state index contributed by atoms with van der Waals surface area (Å²) in [5.41, 5.74) is 0.604. The summed E-state index contributed by atoms with van der Waals surface area (Å²) in [6, 6.07) is -0.651. The van der Waals surface area contributed by atoms with E-state index in [4.69, 9.17) is 9.47 Å². The Hall–Kier alpha value is -2.03. The molecule has 2 aliphatic rings. The van der Waals surface area contributed by atoms with Crippen molar-refractivity contribution in [1.29, 1.82) is 0 Å². The first-order chi connectivity index (χ1) is 10.0. The van der Waals surface area contributed by atoms with Gasteiger partial charge >= 0.3 is 11.9 Å². The molecule has 2 atom stereocenters. The highest BCUT2D eigenvalue weighted by atomic mass is 32.2. The van der Waals surface area contributed by atoms with Crippen LogP contribution in [0.4, 0.5) is 0 Å². The largest absolute Gasteiger partial charge is 0.464 e. The molecule has 1 N–H and O–H groups in total. The summed E-state index contributed by atoms with van der Waals surface area (Å²) in [7, 11) is 1.21. The van der Waals surface area contributed by atoms with Gasteiger partial charge in [0.15, 0.2) is 0 Å². The van der Waals surface area contributed by atoms with E-state index in [-0.39, 0.29) is 23.6 Å². The van der Waals surface area contributed by atoms with Crippen molar-refractivity contribution in [2.24, 2.45) is 0 Å². The molecule has 2 amide bonds. The number of thioether (sulfide) groups is 1. The van der Waals surface area contributed by atoms with Gasteiger partial charge in [-0.25, -0.2) is 4.79 Å². The predicted molar refractivity (Wildman–Crippen MR) is 71.8 cm³/mol. The third kappa shape index (κ3) is 2.73. The highest BCUT2D eigenvalue weighted by Gasteiger charge is 2.53. The molecule has 0 saturated carbocycles. The molecule has 0 bridgehead atoms. The lowest BCUT2D eigenvalue weighted by Gasteiger charge is -2.49. The normalized spacial score (nSPS) is 23.9. The van der Waals surface area contributed by atoms with Gasteiger partial charge < -0.3 is 14.8 Å². The molecule has 0 aliphatic carbocycles. The van der Waals surface area contributed by atoms with E-state index in [0.717, 1.165) is 0 Å². The molecule has 114 valence electrons. The van der Waals surface area contributed by atoms with Gasteiger partial charge in [0.05, 0.1) is 7.11 Å². The van der Waals surface area contributed by atoms with E-state index in [9.17, 15) is 19.2 Å². The van der Waals surface area contributed by atoms with Gasteiger partial charge in [-0.2, -0.15) is 0 Å². The molecule has 1 fully saturated rings. The number of amides is 2. The van der Waals surface area contributed by atoms with E-state index < -0.39 is 18.0 Å². The van der Waals surface area contributed by atoms with E-state index in [1.807, 2.05) is 0 Å². The summed E-state index contributed by atoms with van der Waals surface area (Å²) in [5, 5.41) is 2.07. The van der Waals surface area contributed by atoms with Gasteiger partial charge in [-0.05, 0) is 0 Å². The fourth-order valence-corrected chi connectivity index (χ4v) is 3.50. The number of carbonyl (C=O) groups excluding carboxylic acids is 4. The fourth-order valence-electron chi connectivity index (χ4n) is 2.16. The molecule has 2 aliphatic heterocycles. The van der Waals surface area contributed by atoms with E-state index in [1.54, 1.807) is 0 Å². The second-order valence-corrected chi connectivity index (χ2v) is 5.50. The monoisotopic (exact) mass is 314 g/mol. The standard InChI is InChI=1S/C12H14N2O6S/c1-6(16)20-3-7-4-21-11-8(13-5-15)10(17)14(11)9(7)12(18)19-2/h5,8,11H,3-4H2,1-2H3,(H,13,15). The molecular weight excluding hydrogens is 300 g/mol. The van der Waals surface area contributed by atoms with Crippen molar-refractivity contribution in [1.82, 2.24) is 10.2 Å². The van der Waals surface area contributed by atoms with Crippen molar-refractivity contribution in [2.75, 3.05) is 19.5 Å². The molecule has 2 unspecified atom stereocenters. The van der Waals surface area contributed by atoms with Crippen LogP contribution in [-0.4, -0.2) is 60.0 Å². The number of carbonyl (C=O) groups is 4. The summed E-state index contributed by atoms with van der Waals surface area (Å²) >= 11 is 1.38. The number of esters is 2. The smallest absolute Gasteiger partial charge is 0.354 e. The minimum absolute atomic E-state index is 0.0744. The van der Waals surface area contributed by atoms with Crippen LogP contribution in [0.1, 0.15) is 6.92 Å². The van der Waals surface area contributed by atoms with Crippen molar-refractivity contribution in [2.45, 2.75) is 18.3 Å². The molecule has 2 heterocycles. The van der Waals surface area contributed by atoms with E-state index in [1.165, 1.54) is 30.7 Å². The lowest BCUT2D eigenvalue weighted by molar-refractivity contribution is -0.151. The number of nitrogens with zero attached hydrogens (tertiary/aromatic N) is 1. The van der Waals surface area contributed by atoms with Crippen molar-refractivity contribution in [3.05, 3.63) is 11.3 Å². The van der Waals surface area contributed by atoms with Crippen LogP contribution in [0.3, 0.4) is 0 Å². The average Bonchev–Trinajstić information content (AvgIpc) is 2.48. The second kappa shape index (κ2) is 6.17. The molecule has 0 aromatic carbocycles. The van der Waals surface area contributed by atoms with E-state index in [0.29, 0.717) is 17.7 Å². The molecular formula is C12H14N2O6S. The quantitative estimate of drug-likeness (QED) is 0.395. The molecule has 21 heavy (non-hydrogen) atoms. The molecule has 0 radical (unpaired) electrons. The molecule has 2 rings (SSSR count). The average molecular weight is 314 g/mol. The van der Waals surface area contributed by atoms with Crippen LogP contribution in [0.2, 0.25) is 0 Å². The maximum absolute atomic E-state index is 12.0. The Balaban J connectivity index is 2.26. The van der Waals surface area contributed by atoms with Gasteiger partial charge in [0.2, 0.25) is 6.41 Å². The fraction of sp³-hybridized carbons (Fsp3) is 0.500. The lowest BCUT2D eigenvalue weighted by Crippen LogP contribution is -2.69. The van der Waals surface area contributed by atoms with E-state index in [2.05, 4.69) is 5.32 Å². The molecule has 0 aromatic rings. The minimum atomic E-state index is -0.666. The predicted octanol–water partition coefficient (Wildman–Crippen LogP) is -0.994. The zero-order chi connectivity index (χ0) is 15.6. The van der Waals surface area contributed by atoms with Gasteiger partial charge in [-0.3, -0.25) is 19.3 Å². The number of ether oxygens (including phenoxy) is 2. The zero-order valence-electron chi connectivity index (χ0n) is 11.5. The Morgan fingerprint density at radius 2 is 2.24 bits per heavy atom. The lowest BCUT2D eigenvalue weighted by atomic mass is 10.0. The number of fused-ring (bicyclic) bond motifs is 1. The van der Waals surface area contributed by atoms with E-state index >= 15 is 0 Å². The van der Waals surface area contributed by atoms with Crippen LogP contribution in [0.25, 0.3) is 0 Å². The van der Waals surface area contributed by atoms with Crippen LogP contribution >= 0.6 is 11.8 Å². The Morgan fingerprint density at radius 1 is 1.52 bits per heavy atom. The summed E-state index contributed by atoms with van der Waals surface area (Å²) in [6.07, 6.45) is 0.455. The van der Waals surface area contributed by atoms with Crippen molar-refractivity contribution >= 4 is 36.0 Å². The van der Waals surface area contributed by atoms with Gasteiger partial charge in [-0.15, -0.1) is 11.8 Å². The molecule has 0 spiro atoms. The Labute approximate surface area is 124 Å². The van der Waals surface area contributed by atoms with Gasteiger partial charge in [-0.1, -0.05) is 0 Å². The highest BCUT2D eigenvalue weighted by Crippen LogP contribution is 2.40. The number of methoxy groups -OCH3 is 1. The Kier molecular flexibility index (Phi) is 4.51. The van der Waals surface area contributed by atoms with Crippen LogP contribution in [0, 0.1) is 0 Å². The summed E-state index contributed by atoms with van der Waals surface area (Å²) < 4.78 is 9.59. The first-order valence-corrected chi connectivity index (χ1v) is 7.14. The van der Waals surface area contributed by atoms with Gasteiger partial charge in [0, 0.05) is 18.2 Å². The molecule has 0 aromatic heterocycles. The van der Waals surface area contributed by atoms with Crippen LogP contribution in [0.5, 0.6) is 0 Å². The zero-order valence-corrected chi connectivity index (χ0v) is 12.3. The first-order valence-electron chi connectivity index (χ1n) is 6.09. The molecule has 8 nitrogen and oxygen atoms in total. The van der Waals surface area contributed by atoms with Crippen LogP contribution in [0.15, 0.2) is 11.3 Å². The Morgan fingerprint density at radius 3 is 2.81 bits per heavy atom. The number of hydrogen-bond donors (Lipinski definition) is 1. The maximum Gasteiger partial charge on any atom is 0.354 e. The highest BCUT2D eigenvalue weighted by molar-refractivity contribution is 8.00. The topological polar surface area (TPSA) is 102 Å². The second-order valence-electron chi connectivity index (χ2n) is 4.40. The summed E-state index contributed by atoms with van der Waals surface area (Å²) in [5.74, 6) is -1.13. The van der Waals surface area contributed by atoms with Crippen molar-refractivity contribution in [3.63, 3.8) is 0 Å².